The number of thiazole rings is 1. The van der Waals surface area contributed by atoms with Crippen LogP contribution in [0.2, 0.25) is 0 Å². The molecule has 1 aliphatic carbocycles. The van der Waals surface area contributed by atoms with Gasteiger partial charge in [-0.25, -0.2) is 4.98 Å². The van der Waals surface area contributed by atoms with E-state index >= 15 is 0 Å². The molecule has 0 amide bonds. The van der Waals surface area contributed by atoms with Crippen molar-refractivity contribution in [2.45, 2.75) is 32.2 Å². The van der Waals surface area contributed by atoms with Gasteiger partial charge in [0.1, 0.15) is 0 Å². The summed E-state index contributed by atoms with van der Waals surface area (Å²) in [7, 11) is 0. The van der Waals surface area contributed by atoms with Crippen LogP contribution in [-0.2, 0) is 0 Å². The lowest BCUT2D eigenvalue weighted by Gasteiger charge is -2.20. The van der Waals surface area contributed by atoms with Crippen molar-refractivity contribution in [3.05, 3.63) is 11.1 Å². The third-order valence-electron chi connectivity index (χ3n) is 2.33. The number of hydrogen-bond donors (Lipinski definition) is 0. The average Bonchev–Trinajstić information content (AvgIpc) is 2.92. The maximum Gasteiger partial charge on any atom is 0.186 e. The average molecular weight is 210 g/mol. The molecule has 76 valence electrons. The van der Waals surface area contributed by atoms with E-state index in [0.717, 1.165) is 29.3 Å². The summed E-state index contributed by atoms with van der Waals surface area (Å²) in [6.45, 7) is 3.22. The summed E-state index contributed by atoms with van der Waals surface area (Å²) in [4.78, 5) is 17.9. The van der Waals surface area contributed by atoms with Gasteiger partial charge in [0, 0.05) is 12.6 Å². The van der Waals surface area contributed by atoms with Gasteiger partial charge in [0.15, 0.2) is 11.4 Å². The Morgan fingerprint density at radius 1 is 1.71 bits per heavy atom. The highest BCUT2D eigenvalue weighted by Crippen LogP contribution is 2.33. The number of carbonyl (C=O) groups excluding carboxylic acids is 1. The second kappa shape index (κ2) is 4.09. The molecule has 1 aromatic rings. The molecule has 0 aliphatic heterocycles. The summed E-state index contributed by atoms with van der Waals surface area (Å²) in [5, 5.41) is 1.01. The second-order valence-electron chi connectivity index (χ2n) is 3.59. The van der Waals surface area contributed by atoms with E-state index in [0.29, 0.717) is 6.04 Å². The number of rotatable bonds is 5. The molecule has 1 aromatic heterocycles. The molecule has 0 aromatic carbocycles. The SMILES string of the molecule is CCCN(c1ncc(C=O)s1)C1CC1. The molecule has 0 atom stereocenters. The monoisotopic (exact) mass is 210 g/mol. The van der Waals surface area contributed by atoms with E-state index in [2.05, 4.69) is 16.8 Å². The van der Waals surface area contributed by atoms with Crippen molar-refractivity contribution in [3.8, 4) is 0 Å². The van der Waals surface area contributed by atoms with Crippen LogP contribution in [0.15, 0.2) is 6.20 Å². The number of anilines is 1. The van der Waals surface area contributed by atoms with Gasteiger partial charge in [-0.2, -0.15) is 0 Å². The zero-order valence-corrected chi connectivity index (χ0v) is 9.09. The van der Waals surface area contributed by atoms with E-state index in [4.69, 9.17) is 0 Å². The van der Waals surface area contributed by atoms with Crippen molar-refractivity contribution in [2.75, 3.05) is 11.4 Å². The highest BCUT2D eigenvalue weighted by molar-refractivity contribution is 7.17. The highest BCUT2D eigenvalue weighted by atomic mass is 32.1. The number of aromatic nitrogens is 1. The lowest BCUT2D eigenvalue weighted by molar-refractivity contribution is 0.112. The summed E-state index contributed by atoms with van der Waals surface area (Å²) in [6.07, 6.45) is 6.22. The fraction of sp³-hybridized carbons (Fsp3) is 0.600. The lowest BCUT2D eigenvalue weighted by Crippen LogP contribution is -2.26. The number of nitrogens with zero attached hydrogens (tertiary/aromatic N) is 2. The Morgan fingerprint density at radius 2 is 2.50 bits per heavy atom. The van der Waals surface area contributed by atoms with Gasteiger partial charge in [0.25, 0.3) is 0 Å². The quantitative estimate of drug-likeness (QED) is 0.699. The predicted molar refractivity (Wildman–Crippen MR) is 58.2 cm³/mol. The number of aldehydes is 1. The minimum Gasteiger partial charge on any atom is -0.345 e. The van der Waals surface area contributed by atoms with Gasteiger partial charge in [0.2, 0.25) is 0 Å². The van der Waals surface area contributed by atoms with Gasteiger partial charge in [-0.05, 0) is 19.3 Å². The smallest absolute Gasteiger partial charge is 0.186 e. The minimum absolute atomic E-state index is 0.681. The normalized spacial score (nSPS) is 15.5. The molecule has 0 radical (unpaired) electrons. The van der Waals surface area contributed by atoms with Crippen LogP contribution >= 0.6 is 11.3 Å². The van der Waals surface area contributed by atoms with E-state index in [1.165, 1.54) is 24.2 Å². The van der Waals surface area contributed by atoms with Crippen LogP contribution < -0.4 is 4.90 Å². The van der Waals surface area contributed by atoms with Crippen molar-refractivity contribution in [1.29, 1.82) is 0 Å². The highest BCUT2D eigenvalue weighted by Gasteiger charge is 2.30. The van der Waals surface area contributed by atoms with Crippen LogP contribution in [0.5, 0.6) is 0 Å². The van der Waals surface area contributed by atoms with E-state index in [9.17, 15) is 4.79 Å². The van der Waals surface area contributed by atoms with E-state index in [-0.39, 0.29) is 0 Å². The summed E-state index contributed by atoms with van der Waals surface area (Å²) >= 11 is 1.50. The zero-order chi connectivity index (χ0) is 9.97. The van der Waals surface area contributed by atoms with Crippen LogP contribution in [0, 0.1) is 0 Å². The zero-order valence-electron chi connectivity index (χ0n) is 8.27. The maximum atomic E-state index is 10.5. The predicted octanol–water partition coefficient (Wildman–Crippen LogP) is 2.33. The number of carbonyl (C=O) groups is 1. The van der Waals surface area contributed by atoms with Crippen LogP contribution in [0.25, 0.3) is 0 Å². The Morgan fingerprint density at radius 3 is 3.00 bits per heavy atom. The Balaban J connectivity index is 2.12. The van der Waals surface area contributed by atoms with Gasteiger partial charge in [0.05, 0.1) is 11.1 Å². The Hall–Kier alpha value is -0.900. The van der Waals surface area contributed by atoms with E-state index in [1.807, 2.05) is 0 Å². The molecular weight excluding hydrogens is 196 g/mol. The molecule has 1 heterocycles. The fourth-order valence-electron chi connectivity index (χ4n) is 1.53. The summed E-state index contributed by atoms with van der Waals surface area (Å²) < 4.78 is 0. The molecule has 0 bridgehead atoms. The second-order valence-corrected chi connectivity index (χ2v) is 4.63. The molecule has 0 saturated heterocycles. The Bertz CT molecular complexity index is 320. The summed E-state index contributed by atoms with van der Waals surface area (Å²) in [5.41, 5.74) is 0. The topological polar surface area (TPSA) is 33.2 Å². The van der Waals surface area contributed by atoms with Crippen molar-refractivity contribution in [3.63, 3.8) is 0 Å². The van der Waals surface area contributed by atoms with Crippen molar-refractivity contribution < 1.29 is 4.79 Å². The molecule has 0 spiro atoms. The van der Waals surface area contributed by atoms with Crippen LogP contribution in [-0.4, -0.2) is 23.9 Å². The molecule has 1 saturated carbocycles. The minimum atomic E-state index is 0.681. The molecule has 1 fully saturated rings. The van der Waals surface area contributed by atoms with E-state index < -0.39 is 0 Å². The largest absolute Gasteiger partial charge is 0.345 e. The molecule has 3 nitrogen and oxygen atoms in total. The third kappa shape index (κ3) is 1.95. The molecule has 14 heavy (non-hydrogen) atoms. The first kappa shape index (κ1) is 9.65. The van der Waals surface area contributed by atoms with E-state index in [1.54, 1.807) is 6.20 Å². The van der Waals surface area contributed by atoms with Gasteiger partial charge >= 0.3 is 0 Å². The molecule has 0 N–H and O–H groups in total. The maximum absolute atomic E-state index is 10.5. The summed E-state index contributed by atoms with van der Waals surface area (Å²) in [6, 6.07) is 0.681. The van der Waals surface area contributed by atoms with Gasteiger partial charge < -0.3 is 4.90 Å². The van der Waals surface area contributed by atoms with Crippen LogP contribution in [0.3, 0.4) is 0 Å². The molecular formula is C10H14N2OS. The fourth-order valence-corrected chi connectivity index (χ4v) is 2.35. The first-order valence-corrected chi connectivity index (χ1v) is 5.84. The first-order chi connectivity index (χ1) is 6.85. The number of hydrogen-bond acceptors (Lipinski definition) is 4. The van der Waals surface area contributed by atoms with Gasteiger partial charge in [-0.1, -0.05) is 18.3 Å². The standard InChI is InChI=1S/C10H14N2OS/c1-2-5-12(8-3-4-8)10-11-6-9(7-13)14-10/h6-8H,2-5H2,1H3. The van der Waals surface area contributed by atoms with Crippen LogP contribution in [0.1, 0.15) is 35.9 Å². The third-order valence-corrected chi connectivity index (χ3v) is 3.29. The summed E-state index contributed by atoms with van der Waals surface area (Å²) in [5.74, 6) is 0. The molecule has 1 aliphatic rings. The molecule has 4 heteroatoms. The Labute approximate surface area is 87.8 Å². The van der Waals surface area contributed by atoms with Crippen LogP contribution in [0.4, 0.5) is 5.13 Å². The molecule has 2 rings (SSSR count). The Kier molecular flexibility index (Phi) is 2.82. The van der Waals surface area contributed by atoms with Gasteiger partial charge in [-0.15, -0.1) is 0 Å². The first-order valence-electron chi connectivity index (χ1n) is 5.02. The lowest BCUT2D eigenvalue weighted by atomic mass is 10.4. The van der Waals surface area contributed by atoms with Crippen molar-refractivity contribution >= 4 is 22.8 Å². The van der Waals surface area contributed by atoms with Crippen molar-refractivity contribution in [1.82, 2.24) is 4.98 Å². The van der Waals surface area contributed by atoms with Gasteiger partial charge in [-0.3, -0.25) is 4.79 Å². The molecule has 0 unspecified atom stereocenters. The van der Waals surface area contributed by atoms with Crippen molar-refractivity contribution in [2.24, 2.45) is 0 Å².